The van der Waals surface area contributed by atoms with E-state index in [4.69, 9.17) is 4.74 Å². The molecule has 0 saturated heterocycles. The van der Waals surface area contributed by atoms with Crippen molar-refractivity contribution in [1.82, 2.24) is 15.2 Å². The van der Waals surface area contributed by atoms with E-state index in [-0.39, 0.29) is 5.97 Å². The smallest absolute Gasteiger partial charge is 0.340 e. The first-order valence-electron chi connectivity index (χ1n) is 4.50. The van der Waals surface area contributed by atoms with Gasteiger partial charge in [0.1, 0.15) is 11.7 Å². The molecule has 78 valence electrons. The van der Waals surface area contributed by atoms with Gasteiger partial charge < -0.3 is 4.74 Å². The van der Waals surface area contributed by atoms with E-state index in [0.29, 0.717) is 18.9 Å². The average molecular weight is 199 g/mol. The van der Waals surface area contributed by atoms with Crippen LogP contribution in [0.1, 0.15) is 32.0 Å². The Morgan fingerprint density at radius 1 is 1.57 bits per heavy atom. The lowest BCUT2D eigenvalue weighted by Gasteiger charge is -2.09. The number of nitrogens with zero attached hydrogens (tertiary/aromatic N) is 1. The highest BCUT2D eigenvalue weighted by Crippen LogP contribution is 2.15. The first kappa shape index (κ1) is 10.5. The Morgan fingerprint density at radius 2 is 2.29 bits per heavy atom. The van der Waals surface area contributed by atoms with Gasteiger partial charge in [-0.25, -0.2) is 9.89 Å². The van der Waals surface area contributed by atoms with Gasteiger partial charge in [-0.05, 0) is 13.3 Å². The maximum atomic E-state index is 11.4. The quantitative estimate of drug-likeness (QED) is 0.676. The Hall–Kier alpha value is -1.59. The summed E-state index contributed by atoms with van der Waals surface area (Å²) in [5, 5.41) is 5.91. The first-order valence-corrected chi connectivity index (χ1v) is 4.50. The second-order valence-corrected chi connectivity index (χ2v) is 2.78. The minimum absolute atomic E-state index is 0.323. The molecule has 1 atom stereocenters. The van der Waals surface area contributed by atoms with E-state index in [0.717, 1.165) is 0 Å². The molecule has 0 aliphatic carbocycles. The Kier molecular flexibility index (Phi) is 3.44. The predicted molar refractivity (Wildman–Crippen MR) is 48.9 cm³/mol. The number of hydrogen-bond donors (Lipinski definition) is 2. The maximum Gasteiger partial charge on any atom is 0.340 e. The lowest BCUT2D eigenvalue weighted by Crippen LogP contribution is -2.17. The van der Waals surface area contributed by atoms with Crippen molar-refractivity contribution in [1.29, 1.82) is 0 Å². The van der Waals surface area contributed by atoms with Crippen LogP contribution in [-0.2, 0) is 9.53 Å². The van der Waals surface area contributed by atoms with Crippen molar-refractivity contribution in [2.75, 3.05) is 6.61 Å². The van der Waals surface area contributed by atoms with Crippen LogP contribution in [0.25, 0.3) is 0 Å². The van der Waals surface area contributed by atoms with E-state index < -0.39 is 11.6 Å². The first-order chi connectivity index (χ1) is 6.69. The molecule has 0 aromatic carbocycles. The van der Waals surface area contributed by atoms with Crippen LogP contribution < -0.4 is 5.69 Å². The zero-order valence-corrected chi connectivity index (χ0v) is 8.16. The molecule has 0 aliphatic rings. The van der Waals surface area contributed by atoms with E-state index in [1.165, 1.54) is 0 Å². The van der Waals surface area contributed by atoms with Gasteiger partial charge in [-0.2, -0.15) is 5.10 Å². The van der Waals surface area contributed by atoms with Gasteiger partial charge in [-0.3, -0.25) is 9.78 Å². The number of carbonyl (C=O) groups excluding carboxylic acids is 1. The van der Waals surface area contributed by atoms with E-state index >= 15 is 0 Å². The topological polar surface area (TPSA) is 87.8 Å². The summed E-state index contributed by atoms with van der Waals surface area (Å²) < 4.78 is 4.84. The summed E-state index contributed by atoms with van der Waals surface area (Å²) in [5.41, 5.74) is -0.414. The molecule has 1 aromatic heterocycles. The highest BCUT2D eigenvalue weighted by atomic mass is 16.5. The summed E-state index contributed by atoms with van der Waals surface area (Å²) in [6, 6.07) is 0. The van der Waals surface area contributed by atoms with Crippen molar-refractivity contribution in [2.45, 2.75) is 26.2 Å². The van der Waals surface area contributed by atoms with Gasteiger partial charge >= 0.3 is 11.7 Å². The van der Waals surface area contributed by atoms with Gasteiger partial charge in [-0.15, -0.1) is 0 Å². The van der Waals surface area contributed by atoms with Crippen LogP contribution >= 0.6 is 0 Å². The number of nitrogens with one attached hydrogen (secondary N) is 2. The van der Waals surface area contributed by atoms with E-state index in [9.17, 15) is 9.59 Å². The molecular formula is C8H13N3O3. The Bertz CT molecular complexity index is 355. The Balaban J connectivity index is 2.81. The molecule has 0 saturated carbocycles. The van der Waals surface area contributed by atoms with Gasteiger partial charge in [0.2, 0.25) is 0 Å². The van der Waals surface area contributed by atoms with E-state index in [1.807, 2.05) is 6.92 Å². The van der Waals surface area contributed by atoms with Crippen molar-refractivity contribution in [3.05, 3.63) is 16.3 Å². The number of aromatic nitrogens is 3. The Morgan fingerprint density at radius 3 is 2.71 bits per heavy atom. The van der Waals surface area contributed by atoms with Crippen molar-refractivity contribution in [3.8, 4) is 0 Å². The third-order valence-corrected chi connectivity index (χ3v) is 1.83. The molecular weight excluding hydrogens is 186 g/mol. The maximum absolute atomic E-state index is 11.4. The van der Waals surface area contributed by atoms with Crippen LogP contribution in [0.15, 0.2) is 4.79 Å². The molecule has 0 aliphatic heterocycles. The fraction of sp³-hybridized carbons (Fsp3) is 0.625. The number of hydrogen-bond acceptors (Lipinski definition) is 4. The van der Waals surface area contributed by atoms with Crippen LogP contribution in [0.3, 0.4) is 0 Å². The molecule has 6 heteroatoms. The summed E-state index contributed by atoms with van der Waals surface area (Å²) in [5.74, 6) is -0.525. The molecule has 1 unspecified atom stereocenters. The second kappa shape index (κ2) is 4.59. The zero-order chi connectivity index (χ0) is 10.6. The molecule has 0 fully saturated rings. The molecule has 2 N–H and O–H groups in total. The predicted octanol–water partition coefficient (Wildman–Crippen LogP) is 0.155. The van der Waals surface area contributed by atoms with Crippen molar-refractivity contribution < 1.29 is 9.53 Å². The van der Waals surface area contributed by atoms with Crippen LogP contribution in [0.4, 0.5) is 0 Å². The van der Waals surface area contributed by atoms with Crippen molar-refractivity contribution in [2.24, 2.45) is 0 Å². The normalized spacial score (nSPS) is 12.4. The average Bonchev–Trinajstić information content (AvgIpc) is 2.54. The second-order valence-electron chi connectivity index (χ2n) is 2.78. The zero-order valence-electron chi connectivity index (χ0n) is 8.16. The Labute approximate surface area is 80.7 Å². The van der Waals surface area contributed by atoms with Crippen molar-refractivity contribution in [3.63, 3.8) is 0 Å². The van der Waals surface area contributed by atoms with E-state index in [2.05, 4.69) is 15.2 Å². The molecule has 0 amide bonds. The third kappa shape index (κ3) is 2.21. The molecule has 0 bridgehead atoms. The number of carbonyl (C=O) groups is 1. The molecule has 0 spiro atoms. The monoisotopic (exact) mass is 199 g/mol. The van der Waals surface area contributed by atoms with Crippen molar-refractivity contribution >= 4 is 5.97 Å². The number of aromatic amines is 2. The van der Waals surface area contributed by atoms with Crippen LogP contribution in [-0.4, -0.2) is 27.8 Å². The number of rotatable bonds is 4. The fourth-order valence-electron chi connectivity index (χ4n) is 1.16. The minimum atomic E-state index is -0.492. The fourth-order valence-corrected chi connectivity index (χ4v) is 1.16. The standard InChI is InChI=1S/C8H13N3O3/c1-3-5(7(12)14-4-2)6-9-8(13)11-10-6/h5H,3-4H2,1-2H3,(H2,9,10,11,13). The van der Waals surface area contributed by atoms with Gasteiger partial charge in [0, 0.05) is 0 Å². The SMILES string of the molecule is CCOC(=O)C(CC)c1n[nH]c(=O)[nH]1. The van der Waals surface area contributed by atoms with Crippen LogP contribution in [0.2, 0.25) is 0 Å². The summed E-state index contributed by atoms with van der Waals surface area (Å²) in [7, 11) is 0. The summed E-state index contributed by atoms with van der Waals surface area (Å²) in [6.45, 7) is 3.89. The number of H-pyrrole nitrogens is 2. The van der Waals surface area contributed by atoms with Gasteiger partial charge in [-0.1, -0.05) is 6.92 Å². The summed E-state index contributed by atoms with van der Waals surface area (Å²) >= 11 is 0. The largest absolute Gasteiger partial charge is 0.465 e. The summed E-state index contributed by atoms with van der Waals surface area (Å²) in [4.78, 5) is 24.6. The van der Waals surface area contributed by atoms with Gasteiger partial charge in [0.25, 0.3) is 0 Å². The lowest BCUT2D eigenvalue weighted by molar-refractivity contribution is -0.145. The van der Waals surface area contributed by atoms with Gasteiger partial charge in [0.15, 0.2) is 0 Å². The minimum Gasteiger partial charge on any atom is -0.465 e. The molecule has 1 aromatic rings. The van der Waals surface area contributed by atoms with Crippen LogP contribution in [0.5, 0.6) is 0 Å². The lowest BCUT2D eigenvalue weighted by atomic mass is 10.1. The molecule has 6 nitrogen and oxygen atoms in total. The summed E-state index contributed by atoms with van der Waals surface area (Å²) in [6.07, 6.45) is 0.541. The highest BCUT2D eigenvalue weighted by molar-refractivity contribution is 5.76. The molecule has 1 heterocycles. The molecule has 1 rings (SSSR count). The van der Waals surface area contributed by atoms with E-state index in [1.54, 1.807) is 6.92 Å². The molecule has 0 radical (unpaired) electrons. The number of ether oxygens (including phenoxy) is 1. The van der Waals surface area contributed by atoms with Crippen LogP contribution in [0, 0.1) is 0 Å². The van der Waals surface area contributed by atoms with Gasteiger partial charge in [0.05, 0.1) is 6.61 Å². The highest BCUT2D eigenvalue weighted by Gasteiger charge is 2.22. The number of esters is 1. The third-order valence-electron chi connectivity index (χ3n) is 1.83. The molecule has 14 heavy (non-hydrogen) atoms.